The second kappa shape index (κ2) is 13.2. The molecule has 2 aromatic carbocycles. The van der Waals surface area contributed by atoms with Crippen molar-refractivity contribution in [1.82, 2.24) is 10.2 Å². The van der Waals surface area contributed by atoms with E-state index in [1.54, 1.807) is 0 Å². The van der Waals surface area contributed by atoms with E-state index in [1.165, 1.54) is 42.8 Å². The molecule has 1 atom stereocenters. The maximum atomic E-state index is 6.17. The first-order valence-electron chi connectivity index (χ1n) is 11.5. The van der Waals surface area contributed by atoms with E-state index in [4.69, 9.17) is 11.6 Å². The summed E-state index contributed by atoms with van der Waals surface area (Å²) in [5, 5.41) is 4.37. The molecule has 0 radical (unpaired) electrons. The van der Waals surface area contributed by atoms with Gasteiger partial charge in [-0.2, -0.15) is 0 Å². The minimum Gasteiger partial charge on any atom is -0.367 e. The van der Waals surface area contributed by atoms with Crippen molar-refractivity contribution < 1.29 is 0 Å². The Morgan fingerprint density at radius 1 is 0.968 bits per heavy atom. The van der Waals surface area contributed by atoms with E-state index in [0.717, 1.165) is 36.9 Å². The summed E-state index contributed by atoms with van der Waals surface area (Å²) in [5.74, 6) is 0.808. The Morgan fingerprint density at radius 3 is 2.29 bits per heavy atom. The smallest absolute Gasteiger partial charge is 0.0429 e. The monoisotopic (exact) mass is 434 g/mol. The van der Waals surface area contributed by atoms with Gasteiger partial charge in [0.25, 0.3) is 0 Å². The van der Waals surface area contributed by atoms with E-state index in [0.29, 0.717) is 0 Å². The number of hydrogen-bond donors (Lipinski definition) is 1. The van der Waals surface area contributed by atoms with Gasteiger partial charge in [0.15, 0.2) is 0 Å². The number of benzene rings is 2. The molecule has 0 spiro atoms. The highest BCUT2D eigenvalue weighted by atomic mass is 35.5. The van der Waals surface area contributed by atoms with Gasteiger partial charge in [0.2, 0.25) is 0 Å². The minimum atomic E-state index is 0.808. The third kappa shape index (κ3) is 8.40. The van der Waals surface area contributed by atoms with Gasteiger partial charge in [-0.3, -0.25) is 0 Å². The molecule has 1 aliphatic heterocycles. The van der Waals surface area contributed by atoms with Gasteiger partial charge in [0.1, 0.15) is 0 Å². The molecular formula is C28H35ClN2. The van der Waals surface area contributed by atoms with Gasteiger partial charge in [0.05, 0.1) is 0 Å². The van der Waals surface area contributed by atoms with Crippen LogP contribution < -0.4 is 5.32 Å². The van der Waals surface area contributed by atoms with E-state index in [1.807, 2.05) is 12.1 Å². The first kappa shape index (κ1) is 23.4. The van der Waals surface area contributed by atoms with E-state index in [-0.39, 0.29) is 0 Å². The predicted molar refractivity (Wildman–Crippen MR) is 134 cm³/mol. The van der Waals surface area contributed by atoms with Gasteiger partial charge < -0.3 is 10.2 Å². The standard InChI is InChI=1S/C20H25ClN2.C8H10/c21-19-7-4-8-20(10-9-19)23(14-12-17-11-13-22-15-17)16-18-5-2-1-3-6-18;1-2-8-6-4-3-5-7-8/h1-6,8-10,17,22H,7,11-16H2;3-7H,2H2,1H3. The predicted octanol–water partition coefficient (Wildman–Crippen LogP) is 6.70. The molecule has 0 amide bonds. The lowest BCUT2D eigenvalue weighted by Crippen LogP contribution is -2.25. The highest BCUT2D eigenvalue weighted by molar-refractivity contribution is 6.29. The lowest BCUT2D eigenvalue weighted by atomic mass is 10.0. The van der Waals surface area contributed by atoms with Crippen molar-refractivity contribution in [1.29, 1.82) is 0 Å². The van der Waals surface area contributed by atoms with Crippen molar-refractivity contribution in [2.75, 3.05) is 19.6 Å². The minimum absolute atomic E-state index is 0.808. The molecule has 0 bridgehead atoms. The summed E-state index contributed by atoms with van der Waals surface area (Å²) in [7, 11) is 0. The first-order valence-corrected chi connectivity index (χ1v) is 11.9. The number of nitrogens with one attached hydrogen (secondary N) is 1. The molecule has 3 heteroatoms. The number of allylic oxidation sites excluding steroid dienone is 5. The fraction of sp³-hybridized carbons (Fsp3) is 0.357. The van der Waals surface area contributed by atoms with Crippen LogP contribution in [0, 0.1) is 5.92 Å². The zero-order valence-electron chi connectivity index (χ0n) is 18.6. The van der Waals surface area contributed by atoms with Gasteiger partial charge in [-0.05, 0) is 67.6 Å². The zero-order chi connectivity index (χ0) is 21.7. The van der Waals surface area contributed by atoms with Gasteiger partial charge >= 0.3 is 0 Å². The van der Waals surface area contributed by atoms with E-state index < -0.39 is 0 Å². The fourth-order valence-corrected chi connectivity index (χ4v) is 4.07. The summed E-state index contributed by atoms with van der Waals surface area (Å²) in [6, 6.07) is 21.2. The van der Waals surface area contributed by atoms with Crippen molar-refractivity contribution >= 4 is 11.6 Å². The van der Waals surface area contributed by atoms with Crippen molar-refractivity contribution in [2.24, 2.45) is 5.92 Å². The van der Waals surface area contributed by atoms with Crippen LogP contribution in [0.25, 0.3) is 0 Å². The van der Waals surface area contributed by atoms with Crippen LogP contribution in [0.3, 0.4) is 0 Å². The highest BCUT2D eigenvalue weighted by Gasteiger charge is 2.17. The Bertz CT molecular complexity index is 849. The summed E-state index contributed by atoms with van der Waals surface area (Å²) < 4.78 is 0. The molecule has 1 fully saturated rings. The third-order valence-electron chi connectivity index (χ3n) is 5.84. The van der Waals surface area contributed by atoms with Crippen LogP contribution in [-0.2, 0) is 13.0 Å². The number of rotatable bonds is 7. The Balaban J connectivity index is 0.000000287. The maximum absolute atomic E-state index is 6.17. The summed E-state index contributed by atoms with van der Waals surface area (Å²) in [6.07, 6.45) is 13.1. The lowest BCUT2D eigenvalue weighted by Gasteiger charge is -2.27. The normalized spacial score (nSPS) is 17.8. The largest absolute Gasteiger partial charge is 0.367 e. The summed E-state index contributed by atoms with van der Waals surface area (Å²) >= 11 is 6.17. The van der Waals surface area contributed by atoms with Crippen molar-refractivity contribution in [3.8, 4) is 0 Å². The molecular weight excluding hydrogens is 400 g/mol. The van der Waals surface area contributed by atoms with Crippen molar-refractivity contribution in [3.63, 3.8) is 0 Å². The van der Waals surface area contributed by atoms with E-state index in [2.05, 4.69) is 90.0 Å². The summed E-state index contributed by atoms with van der Waals surface area (Å²) in [4.78, 5) is 2.48. The zero-order valence-corrected chi connectivity index (χ0v) is 19.4. The van der Waals surface area contributed by atoms with Crippen LogP contribution in [0.1, 0.15) is 37.3 Å². The van der Waals surface area contributed by atoms with Crippen molar-refractivity contribution in [2.45, 2.75) is 39.2 Å². The van der Waals surface area contributed by atoms with E-state index in [9.17, 15) is 0 Å². The van der Waals surface area contributed by atoms with Crippen LogP contribution in [-0.4, -0.2) is 24.5 Å². The fourth-order valence-electron chi connectivity index (χ4n) is 3.92. The third-order valence-corrected chi connectivity index (χ3v) is 6.12. The average Bonchev–Trinajstić information content (AvgIpc) is 3.25. The molecule has 4 rings (SSSR count). The first-order chi connectivity index (χ1) is 15.2. The van der Waals surface area contributed by atoms with Gasteiger partial charge in [0, 0.05) is 30.2 Å². The number of nitrogens with zero attached hydrogens (tertiary/aromatic N) is 1. The molecule has 2 aromatic rings. The SMILES string of the molecule is CCc1ccccc1.ClC1=CC=C(N(CCC2CCNC2)Cc2ccccc2)C=CC1. The van der Waals surface area contributed by atoms with Crippen LogP contribution >= 0.6 is 11.6 Å². The number of halogens is 1. The highest BCUT2D eigenvalue weighted by Crippen LogP contribution is 2.21. The quantitative estimate of drug-likeness (QED) is 0.521. The number of hydrogen-bond acceptors (Lipinski definition) is 2. The average molecular weight is 435 g/mol. The van der Waals surface area contributed by atoms with Crippen LogP contribution in [0.4, 0.5) is 0 Å². The molecule has 2 aliphatic rings. The second-order valence-corrected chi connectivity index (χ2v) is 8.69. The lowest BCUT2D eigenvalue weighted by molar-refractivity contribution is 0.315. The summed E-state index contributed by atoms with van der Waals surface area (Å²) in [5.41, 5.74) is 4.02. The Hall–Kier alpha value is -2.29. The molecule has 2 nitrogen and oxygen atoms in total. The van der Waals surface area contributed by atoms with Crippen LogP contribution in [0.5, 0.6) is 0 Å². The molecule has 0 saturated carbocycles. The van der Waals surface area contributed by atoms with Gasteiger partial charge in [-0.25, -0.2) is 0 Å². The van der Waals surface area contributed by atoms with Crippen molar-refractivity contribution in [3.05, 3.63) is 107 Å². The molecule has 1 N–H and O–H groups in total. The summed E-state index contributed by atoms with van der Waals surface area (Å²) in [6.45, 7) is 6.53. The topological polar surface area (TPSA) is 15.3 Å². The molecule has 1 aliphatic carbocycles. The maximum Gasteiger partial charge on any atom is 0.0429 e. The van der Waals surface area contributed by atoms with Gasteiger partial charge in [-0.1, -0.05) is 85.3 Å². The molecule has 1 saturated heterocycles. The van der Waals surface area contributed by atoms with Gasteiger partial charge in [-0.15, -0.1) is 0 Å². The van der Waals surface area contributed by atoms with E-state index >= 15 is 0 Å². The Kier molecular flexibility index (Phi) is 9.95. The number of aryl methyl sites for hydroxylation is 1. The molecule has 31 heavy (non-hydrogen) atoms. The molecule has 1 heterocycles. The van der Waals surface area contributed by atoms with Crippen LogP contribution in [0.2, 0.25) is 0 Å². The molecule has 0 aromatic heterocycles. The molecule has 164 valence electrons. The Labute approximate surface area is 193 Å². The molecule has 1 unspecified atom stereocenters. The Morgan fingerprint density at radius 2 is 1.68 bits per heavy atom. The second-order valence-electron chi connectivity index (χ2n) is 8.21. The van der Waals surface area contributed by atoms with Crippen LogP contribution in [0.15, 0.2) is 95.7 Å².